The molecule has 1 fully saturated rings. The first-order chi connectivity index (χ1) is 9.83. The van der Waals surface area contributed by atoms with Crippen molar-refractivity contribution in [2.24, 2.45) is 11.8 Å². The lowest BCUT2D eigenvalue weighted by Gasteiger charge is -2.39. The van der Waals surface area contributed by atoms with E-state index in [1.54, 1.807) is 10.4 Å². The van der Waals surface area contributed by atoms with Gasteiger partial charge in [0.2, 0.25) is 0 Å². The van der Waals surface area contributed by atoms with Gasteiger partial charge in [0.15, 0.2) is 0 Å². The Bertz CT molecular complexity index is 417. The second-order valence-corrected chi connectivity index (χ2v) is 7.80. The predicted octanol–water partition coefficient (Wildman–Crippen LogP) is 4.97. The number of hydrogen-bond acceptors (Lipinski definition) is 2. The van der Waals surface area contributed by atoms with Crippen LogP contribution < -0.4 is 5.32 Å². The molecule has 0 bridgehead atoms. The van der Waals surface area contributed by atoms with Gasteiger partial charge in [0.25, 0.3) is 0 Å². The molecule has 1 aromatic heterocycles. The molecule has 1 nitrogen and oxygen atoms in total. The van der Waals surface area contributed by atoms with E-state index in [1.807, 2.05) is 11.3 Å². The van der Waals surface area contributed by atoms with E-state index in [0.29, 0.717) is 6.04 Å². The molecule has 0 radical (unpaired) electrons. The predicted molar refractivity (Wildman–Crippen MR) is 88.6 cm³/mol. The lowest BCUT2D eigenvalue weighted by molar-refractivity contribution is 0.198. The molecule has 1 saturated carbocycles. The second-order valence-electron chi connectivity index (χ2n) is 6.80. The van der Waals surface area contributed by atoms with Crippen LogP contribution in [0.3, 0.4) is 0 Å². The third-order valence-electron chi connectivity index (χ3n) is 5.84. The normalized spacial score (nSPS) is 31.8. The molecule has 2 aliphatic carbocycles. The minimum Gasteiger partial charge on any atom is -0.316 e. The smallest absolute Gasteiger partial charge is 0.0161 e. The highest BCUT2D eigenvalue weighted by atomic mass is 32.1. The van der Waals surface area contributed by atoms with E-state index >= 15 is 0 Å². The Kier molecular flexibility index (Phi) is 4.83. The summed E-state index contributed by atoms with van der Waals surface area (Å²) in [6.07, 6.45) is 11.3. The van der Waals surface area contributed by atoms with Crippen molar-refractivity contribution in [3.8, 4) is 0 Å². The first-order valence-corrected chi connectivity index (χ1v) is 9.45. The maximum atomic E-state index is 3.71. The van der Waals surface area contributed by atoms with E-state index in [2.05, 4.69) is 30.7 Å². The Labute approximate surface area is 128 Å². The van der Waals surface area contributed by atoms with Crippen LogP contribution in [0, 0.1) is 11.8 Å². The average molecular weight is 292 g/mol. The lowest BCUT2D eigenvalue weighted by Crippen LogP contribution is -2.41. The van der Waals surface area contributed by atoms with Crippen LogP contribution in [-0.4, -0.2) is 13.1 Å². The maximum absolute atomic E-state index is 3.71. The molecule has 0 aliphatic heterocycles. The summed E-state index contributed by atoms with van der Waals surface area (Å²) >= 11 is 1.98. The van der Waals surface area contributed by atoms with E-state index < -0.39 is 0 Å². The fraction of sp³-hybridized carbons (Fsp3) is 0.778. The summed E-state index contributed by atoms with van der Waals surface area (Å²) in [4.78, 5) is 1.67. The molecule has 3 rings (SSSR count). The maximum Gasteiger partial charge on any atom is 0.0161 e. The topological polar surface area (TPSA) is 12.0 Å². The van der Waals surface area contributed by atoms with Gasteiger partial charge >= 0.3 is 0 Å². The summed E-state index contributed by atoms with van der Waals surface area (Å²) < 4.78 is 0. The number of hydrogen-bond donors (Lipinski definition) is 1. The van der Waals surface area contributed by atoms with Gasteiger partial charge in [0.05, 0.1) is 0 Å². The Balaban J connectivity index is 1.72. The highest BCUT2D eigenvalue weighted by molar-refractivity contribution is 7.10. The molecule has 2 heteroatoms. The Morgan fingerprint density at radius 2 is 2.05 bits per heavy atom. The van der Waals surface area contributed by atoms with Crippen LogP contribution in [0.1, 0.15) is 68.2 Å². The first-order valence-electron chi connectivity index (χ1n) is 8.57. The van der Waals surface area contributed by atoms with Crippen molar-refractivity contribution in [3.63, 3.8) is 0 Å². The van der Waals surface area contributed by atoms with Gasteiger partial charge in [-0.1, -0.05) is 26.2 Å². The van der Waals surface area contributed by atoms with Gasteiger partial charge in [-0.25, -0.2) is 0 Å². The number of likely N-dealkylation sites (N-methyl/N-ethyl adjacent to an activating group) is 1. The van der Waals surface area contributed by atoms with Gasteiger partial charge in [-0.15, -0.1) is 11.3 Å². The van der Waals surface area contributed by atoms with Crippen molar-refractivity contribution in [3.05, 3.63) is 21.9 Å². The minimum absolute atomic E-state index is 0.710. The highest BCUT2D eigenvalue weighted by Crippen LogP contribution is 2.42. The van der Waals surface area contributed by atoms with Crippen LogP contribution in [0.5, 0.6) is 0 Å². The van der Waals surface area contributed by atoms with Gasteiger partial charge in [-0.3, -0.25) is 0 Å². The zero-order valence-electron chi connectivity index (χ0n) is 13.0. The van der Waals surface area contributed by atoms with Gasteiger partial charge in [-0.05, 0) is 68.0 Å². The van der Waals surface area contributed by atoms with Crippen LogP contribution >= 0.6 is 11.3 Å². The van der Waals surface area contributed by atoms with Crippen LogP contribution in [0.15, 0.2) is 11.4 Å². The molecule has 2 atom stereocenters. The molecule has 2 aliphatic rings. The number of nitrogens with one attached hydrogen (secondary N) is 1. The number of rotatable bonds is 4. The fourth-order valence-corrected chi connectivity index (χ4v) is 5.61. The molecule has 112 valence electrons. The zero-order valence-corrected chi connectivity index (χ0v) is 13.8. The second kappa shape index (κ2) is 6.62. The highest BCUT2D eigenvalue weighted by Gasteiger charge is 2.34. The van der Waals surface area contributed by atoms with E-state index in [4.69, 9.17) is 0 Å². The first kappa shape index (κ1) is 14.6. The van der Waals surface area contributed by atoms with E-state index in [0.717, 1.165) is 17.8 Å². The summed E-state index contributed by atoms with van der Waals surface area (Å²) in [6, 6.07) is 3.12. The largest absolute Gasteiger partial charge is 0.316 e. The molecule has 0 spiro atoms. The van der Waals surface area contributed by atoms with Crippen LogP contribution in [0.4, 0.5) is 0 Å². The fourth-order valence-electron chi connectivity index (χ4n) is 4.62. The summed E-state index contributed by atoms with van der Waals surface area (Å²) in [6.45, 7) is 2.36. The zero-order chi connectivity index (χ0) is 13.9. The molecule has 2 unspecified atom stereocenters. The Hall–Kier alpha value is -0.340. The number of thiophene rings is 1. The van der Waals surface area contributed by atoms with Gasteiger partial charge in [0, 0.05) is 16.8 Å². The van der Waals surface area contributed by atoms with E-state index in [9.17, 15) is 0 Å². The average Bonchev–Trinajstić information content (AvgIpc) is 2.98. The molecular formula is C18H29NS. The summed E-state index contributed by atoms with van der Waals surface area (Å²) in [7, 11) is 2.19. The van der Waals surface area contributed by atoms with Crippen molar-refractivity contribution < 1.29 is 0 Å². The van der Waals surface area contributed by atoms with Crippen molar-refractivity contribution in [1.82, 2.24) is 5.32 Å². The van der Waals surface area contributed by atoms with Crippen LogP contribution in [0.2, 0.25) is 0 Å². The number of fused-ring (bicyclic) bond motifs is 1. The molecule has 0 aromatic carbocycles. The summed E-state index contributed by atoms with van der Waals surface area (Å²) in [5.74, 6) is 2.68. The third-order valence-corrected chi connectivity index (χ3v) is 6.84. The van der Waals surface area contributed by atoms with Crippen molar-refractivity contribution in [1.29, 1.82) is 0 Å². The van der Waals surface area contributed by atoms with Gasteiger partial charge < -0.3 is 5.32 Å². The Morgan fingerprint density at radius 1 is 1.25 bits per heavy atom. The monoisotopic (exact) mass is 291 g/mol. The molecule has 1 heterocycles. The molecule has 20 heavy (non-hydrogen) atoms. The van der Waals surface area contributed by atoms with Crippen molar-refractivity contribution >= 4 is 11.3 Å². The summed E-state index contributed by atoms with van der Waals surface area (Å²) in [5, 5.41) is 6.02. The third kappa shape index (κ3) is 2.82. The van der Waals surface area contributed by atoms with E-state index in [-0.39, 0.29) is 0 Å². The molecule has 0 amide bonds. The van der Waals surface area contributed by atoms with Gasteiger partial charge in [-0.2, -0.15) is 0 Å². The quantitative estimate of drug-likeness (QED) is 0.825. The SMILES string of the molecule is CCC1CCC(C(NC)C2CCCc3sccc32)CC1. The van der Waals surface area contributed by atoms with Crippen LogP contribution in [0.25, 0.3) is 0 Å². The lowest BCUT2D eigenvalue weighted by atomic mass is 9.71. The number of aryl methyl sites for hydroxylation is 1. The molecular weight excluding hydrogens is 262 g/mol. The molecule has 0 saturated heterocycles. The van der Waals surface area contributed by atoms with Crippen molar-refractivity contribution in [2.75, 3.05) is 7.05 Å². The van der Waals surface area contributed by atoms with Crippen molar-refractivity contribution in [2.45, 2.75) is 70.3 Å². The Morgan fingerprint density at radius 3 is 2.75 bits per heavy atom. The standard InChI is InChI=1S/C18H29NS/c1-3-13-7-9-14(10-8-13)18(19-2)16-5-4-6-17-15(16)11-12-20-17/h11-14,16,18-19H,3-10H2,1-2H3. The van der Waals surface area contributed by atoms with E-state index in [1.165, 1.54) is 51.4 Å². The minimum atomic E-state index is 0.710. The van der Waals surface area contributed by atoms with Gasteiger partial charge in [0.1, 0.15) is 0 Å². The molecule has 1 aromatic rings. The molecule has 1 N–H and O–H groups in total. The summed E-state index contributed by atoms with van der Waals surface area (Å²) in [5.41, 5.74) is 1.68. The van der Waals surface area contributed by atoms with Crippen LogP contribution in [-0.2, 0) is 6.42 Å².